The average Bonchev–Trinajstić information content (AvgIpc) is 2.53. The summed E-state index contributed by atoms with van der Waals surface area (Å²) in [6.45, 7) is 4.99. The van der Waals surface area contributed by atoms with Gasteiger partial charge in [-0.05, 0) is 26.8 Å². The van der Waals surface area contributed by atoms with E-state index in [4.69, 9.17) is 5.11 Å². The molecule has 0 radical (unpaired) electrons. The van der Waals surface area contributed by atoms with Gasteiger partial charge in [-0.15, -0.1) is 0 Å². The van der Waals surface area contributed by atoms with Gasteiger partial charge in [-0.1, -0.05) is 0 Å². The second-order valence-electron chi connectivity index (χ2n) is 4.64. The summed E-state index contributed by atoms with van der Waals surface area (Å²) < 4.78 is 1.66. The van der Waals surface area contributed by atoms with E-state index < -0.39 is 17.5 Å². The van der Waals surface area contributed by atoms with Crippen molar-refractivity contribution < 1.29 is 14.7 Å². The second-order valence-corrected chi connectivity index (χ2v) is 4.64. The van der Waals surface area contributed by atoms with Gasteiger partial charge in [0, 0.05) is 7.05 Å². The third-order valence-electron chi connectivity index (χ3n) is 2.49. The Morgan fingerprint density at radius 2 is 2.11 bits per heavy atom. The first kappa shape index (κ1) is 14.0. The number of rotatable bonds is 4. The molecule has 0 aliphatic rings. The number of carbonyl (C=O) groups is 2. The molecular formula is C11H18N4O3. The predicted octanol–water partition coefficient (Wildman–Crippen LogP) is 0.391. The summed E-state index contributed by atoms with van der Waals surface area (Å²) in [5, 5.41) is 18.0. The lowest BCUT2D eigenvalue weighted by Gasteiger charge is -2.21. The Bertz CT molecular complexity index is 465. The SMILES string of the molecule is Cc1cc(CNC(=O)NC(C)(C)C(=O)O)n(C)n1. The van der Waals surface area contributed by atoms with E-state index in [1.54, 1.807) is 11.7 Å². The van der Waals surface area contributed by atoms with Crippen LogP contribution in [-0.2, 0) is 18.4 Å². The quantitative estimate of drug-likeness (QED) is 0.724. The first-order chi connectivity index (χ1) is 8.22. The van der Waals surface area contributed by atoms with E-state index >= 15 is 0 Å². The summed E-state index contributed by atoms with van der Waals surface area (Å²) in [6, 6.07) is 1.32. The van der Waals surface area contributed by atoms with Crippen LogP contribution in [0.2, 0.25) is 0 Å². The van der Waals surface area contributed by atoms with Crippen LogP contribution in [0.1, 0.15) is 25.2 Å². The van der Waals surface area contributed by atoms with Crippen LogP contribution in [0.25, 0.3) is 0 Å². The number of carboxylic acid groups (broad SMARTS) is 1. The monoisotopic (exact) mass is 254 g/mol. The summed E-state index contributed by atoms with van der Waals surface area (Å²) in [6.07, 6.45) is 0. The molecule has 18 heavy (non-hydrogen) atoms. The normalized spacial score (nSPS) is 11.1. The Kier molecular flexibility index (Phi) is 3.95. The largest absolute Gasteiger partial charge is 0.480 e. The van der Waals surface area contributed by atoms with E-state index in [0.29, 0.717) is 6.54 Å². The van der Waals surface area contributed by atoms with Crippen molar-refractivity contribution >= 4 is 12.0 Å². The third kappa shape index (κ3) is 3.47. The fourth-order valence-corrected chi connectivity index (χ4v) is 1.38. The Labute approximate surface area is 105 Å². The number of hydrogen-bond donors (Lipinski definition) is 3. The molecule has 1 rings (SSSR count). The lowest BCUT2D eigenvalue weighted by atomic mass is 10.1. The van der Waals surface area contributed by atoms with Crippen molar-refractivity contribution in [3.05, 3.63) is 17.5 Å². The summed E-state index contributed by atoms with van der Waals surface area (Å²) in [7, 11) is 1.78. The molecule has 0 atom stereocenters. The van der Waals surface area contributed by atoms with Gasteiger partial charge < -0.3 is 15.7 Å². The van der Waals surface area contributed by atoms with Crippen molar-refractivity contribution in [3.8, 4) is 0 Å². The molecule has 1 heterocycles. The highest BCUT2D eigenvalue weighted by atomic mass is 16.4. The Hall–Kier alpha value is -2.05. The predicted molar refractivity (Wildman–Crippen MR) is 65.0 cm³/mol. The van der Waals surface area contributed by atoms with Crippen LogP contribution >= 0.6 is 0 Å². The number of aliphatic carboxylic acids is 1. The summed E-state index contributed by atoms with van der Waals surface area (Å²) in [4.78, 5) is 22.4. The molecule has 0 bridgehead atoms. The average molecular weight is 254 g/mol. The lowest BCUT2D eigenvalue weighted by molar-refractivity contribution is -0.142. The van der Waals surface area contributed by atoms with Crippen LogP contribution in [0, 0.1) is 6.92 Å². The molecule has 0 aliphatic heterocycles. The Morgan fingerprint density at radius 3 is 2.56 bits per heavy atom. The molecule has 0 aromatic carbocycles. The van der Waals surface area contributed by atoms with E-state index in [1.807, 2.05) is 13.0 Å². The number of hydrogen-bond acceptors (Lipinski definition) is 3. The van der Waals surface area contributed by atoms with Gasteiger partial charge >= 0.3 is 12.0 Å². The number of aryl methyl sites for hydroxylation is 2. The van der Waals surface area contributed by atoms with E-state index in [1.165, 1.54) is 13.8 Å². The number of carboxylic acids is 1. The van der Waals surface area contributed by atoms with E-state index in [-0.39, 0.29) is 0 Å². The fourth-order valence-electron chi connectivity index (χ4n) is 1.38. The van der Waals surface area contributed by atoms with Gasteiger partial charge in [0.05, 0.1) is 17.9 Å². The molecular weight excluding hydrogens is 236 g/mol. The molecule has 1 aromatic heterocycles. The summed E-state index contributed by atoms with van der Waals surface area (Å²) >= 11 is 0. The zero-order valence-electron chi connectivity index (χ0n) is 10.9. The number of urea groups is 1. The highest BCUT2D eigenvalue weighted by molar-refractivity contribution is 5.85. The van der Waals surface area contributed by atoms with Crippen molar-refractivity contribution in [2.45, 2.75) is 32.9 Å². The van der Waals surface area contributed by atoms with Gasteiger partial charge in [0.25, 0.3) is 0 Å². The molecule has 0 spiro atoms. The van der Waals surface area contributed by atoms with Crippen LogP contribution in [0.4, 0.5) is 4.79 Å². The van der Waals surface area contributed by atoms with E-state index in [9.17, 15) is 9.59 Å². The zero-order chi connectivity index (χ0) is 13.9. The minimum atomic E-state index is -1.30. The first-order valence-electron chi connectivity index (χ1n) is 5.51. The number of nitrogens with zero attached hydrogens (tertiary/aromatic N) is 2. The highest BCUT2D eigenvalue weighted by Gasteiger charge is 2.28. The topological polar surface area (TPSA) is 96.3 Å². The van der Waals surface area contributed by atoms with E-state index in [0.717, 1.165) is 11.4 Å². The number of nitrogens with one attached hydrogen (secondary N) is 2. The van der Waals surface area contributed by atoms with Crippen LogP contribution in [-0.4, -0.2) is 32.4 Å². The molecule has 2 amide bonds. The van der Waals surface area contributed by atoms with Crippen LogP contribution in [0.15, 0.2) is 6.07 Å². The maximum Gasteiger partial charge on any atom is 0.328 e. The van der Waals surface area contributed by atoms with Crippen LogP contribution < -0.4 is 10.6 Å². The molecule has 0 fully saturated rings. The Balaban J connectivity index is 2.52. The maximum atomic E-state index is 11.5. The number of amides is 2. The van der Waals surface area contributed by atoms with Crippen molar-refractivity contribution in [1.29, 1.82) is 0 Å². The molecule has 0 saturated carbocycles. The van der Waals surface area contributed by atoms with E-state index in [2.05, 4.69) is 15.7 Å². The molecule has 3 N–H and O–H groups in total. The lowest BCUT2D eigenvalue weighted by Crippen LogP contribution is -2.53. The van der Waals surface area contributed by atoms with Gasteiger partial charge in [0.15, 0.2) is 0 Å². The molecule has 7 nitrogen and oxygen atoms in total. The van der Waals surface area contributed by atoms with Gasteiger partial charge in [-0.25, -0.2) is 9.59 Å². The molecule has 0 aliphatic carbocycles. The molecule has 1 aromatic rings. The van der Waals surface area contributed by atoms with Crippen LogP contribution in [0.5, 0.6) is 0 Å². The first-order valence-corrected chi connectivity index (χ1v) is 5.51. The summed E-state index contributed by atoms with van der Waals surface area (Å²) in [5.74, 6) is -1.09. The Morgan fingerprint density at radius 1 is 1.50 bits per heavy atom. The van der Waals surface area contributed by atoms with Gasteiger partial charge in [-0.2, -0.15) is 5.10 Å². The number of aromatic nitrogens is 2. The summed E-state index contributed by atoms with van der Waals surface area (Å²) in [5.41, 5.74) is 0.406. The van der Waals surface area contributed by atoms with Gasteiger partial charge in [-0.3, -0.25) is 4.68 Å². The van der Waals surface area contributed by atoms with Crippen molar-refractivity contribution in [1.82, 2.24) is 20.4 Å². The van der Waals surface area contributed by atoms with Crippen molar-refractivity contribution in [3.63, 3.8) is 0 Å². The zero-order valence-corrected chi connectivity index (χ0v) is 10.9. The third-order valence-corrected chi connectivity index (χ3v) is 2.49. The minimum absolute atomic E-state index is 0.291. The second kappa shape index (κ2) is 5.07. The van der Waals surface area contributed by atoms with Crippen molar-refractivity contribution in [2.24, 2.45) is 7.05 Å². The number of carbonyl (C=O) groups excluding carboxylic acids is 1. The molecule has 7 heteroatoms. The molecule has 0 saturated heterocycles. The smallest absolute Gasteiger partial charge is 0.328 e. The highest BCUT2D eigenvalue weighted by Crippen LogP contribution is 2.03. The molecule has 100 valence electrons. The maximum absolute atomic E-state index is 11.5. The van der Waals surface area contributed by atoms with Crippen LogP contribution in [0.3, 0.4) is 0 Å². The standard InChI is InChI=1S/C11H18N4O3/c1-7-5-8(15(4)14-7)6-12-10(18)13-11(2,3)9(16)17/h5H,6H2,1-4H3,(H,16,17)(H2,12,13,18). The fraction of sp³-hybridized carbons (Fsp3) is 0.545. The van der Waals surface area contributed by atoms with Crippen molar-refractivity contribution in [2.75, 3.05) is 0 Å². The van der Waals surface area contributed by atoms with Gasteiger partial charge in [0.1, 0.15) is 5.54 Å². The van der Waals surface area contributed by atoms with Gasteiger partial charge in [0.2, 0.25) is 0 Å². The molecule has 0 unspecified atom stereocenters. The minimum Gasteiger partial charge on any atom is -0.480 e.